The zero-order valence-corrected chi connectivity index (χ0v) is 9.18. The maximum Gasteiger partial charge on any atom is 0.257 e. The average Bonchev–Trinajstić information content (AvgIpc) is 2.90. The van der Waals surface area contributed by atoms with Crippen LogP contribution in [0.2, 0.25) is 0 Å². The largest absolute Gasteiger partial charge is 0.271 e. The Morgan fingerprint density at radius 2 is 2.31 bits per heavy atom. The van der Waals surface area contributed by atoms with Gasteiger partial charge in [-0.25, -0.2) is 13.1 Å². The van der Waals surface area contributed by atoms with Gasteiger partial charge < -0.3 is 0 Å². The van der Waals surface area contributed by atoms with Gasteiger partial charge in [0, 0.05) is 18.9 Å². The molecule has 2 heterocycles. The van der Waals surface area contributed by atoms with Gasteiger partial charge in [-0.05, 0) is 12.1 Å². The number of hydrogen-bond donors (Lipinski definition) is 2. The number of rotatable bonds is 5. The van der Waals surface area contributed by atoms with Crippen molar-refractivity contribution in [3.63, 3.8) is 0 Å². The average molecular weight is 241 g/mol. The number of nitrogens with one attached hydrogen (secondary N) is 2. The highest BCUT2D eigenvalue weighted by Gasteiger charge is 2.14. The molecule has 0 fully saturated rings. The molecule has 7 nitrogen and oxygen atoms in total. The fraction of sp³-hybridized carbons (Fsp3) is 0.250. The Morgan fingerprint density at radius 1 is 1.44 bits per heavy atom. The Morgan fingerprint density at radius 3 is 2.94 bits per heavy atom. The van der Waals surface area contributed by atoms with E-state index >= 15 is 0 Å². The summed E-state index contributed by atoms with van der Waals surface area (Å²) in [6.07, 6.45) is 4.80. The first-order valence-electron chi connectivity index (χ1n) is 4.65. The third-order valence-corrected chi connectivity index (χ3v) is 3.35. The molecule has 0 radical (unpaired) electrons. The van der Waals surface area contributed by atoms with Crippen molar-refractivity contribution in [2.24, 2.45) is 0 Å². The van der Waals surface area contributed by atoms with Crippen LogP contribution in [0.1, 0.15) is 0 Å². The lowest BCUT2D eigenvalue weighted by atomic mass is 10.6. The van der Waals surface area contributed by atoms with Gasteiger partial charge in [0.15, 0.2) is 5.03 Å². The van der Waals surface area contributed by atoms with Gasteiger partial charge in [0.2, 0.25) is 0 Å². The van der Waals surface area contributed by atoms with Crippen LogP contribution in [-0.4, -0.2) is 34.9 Å². The third kappa shape index (κ3) is 2.47. The summed E-state index contributed by atoms with van der Waals surface area (Å²) in [5.74, 6) is 0. The van der Waals surface area contributed by atoms with E-state index < -0.39 is 10.0 Å². The Kier molecular flexibility index (Phi) is 3.02. The van der Waals surface area contributed by atoms with Crippen molar-refractivity contribution >= 4 is 10.0 Å². The number of aromatic nitrogens is 4. The summed E-state index contributed by atoms with van der Waals surface area (Å²) in [4.78, 5) is 0. The molecule has 0 aromatic carbocycles. The van der Waals surface area contributed by atoms with Crippen molar-refractivity contribution in [2.75, 3.05) is 6.54 Å². The van der Waals surface area contributed by atoms with Gasteiger partial charge in [0.1, 0.15) is 0 Å². The van der Waals surface area contributed by atoms with Crippen LogP contribution in [0, 0.1) is 0 Å². The number of nitrogens with zero attached hydrogens (tertiary/aromatic N) is 3. The number of H-pyrrole nitrogens is 1. The van der Waals surface area contributed by atoms with E-state index in [1.165, 1.54) is 12.3 Å². The maximum absolute atomic E-state index is 11.6. The van der Waals surface area contributed by atoms with E-state index in [1.54, 1.807) is 23.1 Å². The minimum atomic E-state index is -3.48. The zero-order chi connectivity index (χ0) is 11.4. The first kappa shape index (κ1) is 10.8. The number of aromatic amines is 1. The highest BCUT2D eigenvalue weighted by Crippen LogP contribution is 2.01. The molecule has 2 N–H and O–H groups in total. The summed E-state index contributed by atoms with van der Waals surface area (Å²) in [6.45, 7) is 0.767. The molecule has 0 atom stereocenters. The molecular formula is C8H11N5O2S. The molecule has 0 saturated carbocycles. The summed E-state index contributed by atoms with van der Waals surface area (Å²) in [7, 11) is -3.48. The van der Waals surface area contributed by atoms with E-state index in [0.717, 1.165) is 0 Å². The molecule has 0 aliphatic heterocycles. The lowest BCUT2D eigenvalue weighted by molar-refractivity contribution is 0.557. The Balaban J connectivity index is 1.91. The van der Waals surface area contributed by atoms with E-state index in [1.807, 2.05) is 0 Å². The molecule has 0 spiro atoms. The highest BCUT2D eigenvalue weighted by molar-refractivity contribution is 7.89. The van der Waals surface area contributed by atoms with E-state index in [0.29, 0.717) is 6.54 Å². The summed E-state index contributed by atoms with van der Waals surface area (Å²) in [5, 5.41) is 10.0. The summed E-state index contributed by atoms with van der Waals surface area (Å²) < 4.78 is 27.3. The summed E-state index contributed by atoms with van der Waals surface area (Å²) >= 11 is 0. The molecule has 8 heteroatoms. The summed E-state index contributed by atoms with van der Waals surface area (Å²) in [5.41, 5.74) is 0. The molecule has 0 saturated heterocycles. The molecule has 0 unspecified atom stereocenters. The predicted octanol–water partition coefficient (Wildman–Crippen LogP) is -0.415. The first-order valence-corrected chi connectivity index (χ1v) is 6.13. The molecule has 0 aliphatic rings. The van der Waals surface area contributed by atoms with Gasteiger partial charge in [-0.15, -0.1) is 0 Å². The Bertz CT molecular complexity index is 517. The monoisotopic (exact) mass is 241 g/mol. The molecule has 86 valence electrons. The van der Waals surface area contributed by atoms with Gasteiger partial charge in [-0.1, -0.05) is 0 Å². The topological polar surface area (TPSA) is 92.7 Å². The van der Waals surface area contributed by atoms with Crippen molar-refractivity contribution in [2.45, 2.75) is 11.6 Å². The maximum atomic E-state index is 11.6. The molecule has 16 heavy (non-hydrogen) atoms. The van der Waals surface area contributed by atoms with Crippen molar-refractivity contribution in [1.29, 1.82) is 0 Å². The van der Waals surface area contributed by atoms with Crippen LogP contribution in [0.15, 0.2) is 35.7 Å². The van der Waals surface area contributed by atoms with E-state index in [2.05, 4.69) is 20.0 Å². The Labute approximate surface area is 92.5 Å². The standard InChI is InChI=1S/C8H11N5O2S/c14-16(15,8-2-4-9-12-8)11-5-7-13-6-1-3-10-13/h1-4,6,11H,5,7H2,(H,9,12). The van der Waals surface area contributed by atoms with Crippen molar-refractivity contribution in [3.8, 4) is 0 Å². The highest BCUT2D eigenvalue weighted by atomic mass is 32.2. The molecule has 2 rings (SSSR count). The smallest absolute Gasteiger partial charge is 0.257 e. The lowest BCUT2D eigenvalue weighted by Crippen LogP contribution is -2.27. The molecule has 2 aromatic rings. The fourth-order valence-electron chi connectivity index (χ4n) is 1.20. The third-order valence-electron chi connectivity index (χ3n) is 1.96. The lowest BCUT2D eigenvalue weighted by Gasteiger charge is -2.04. The van der Waals surface area contributed by atoms with Crippen LogP contribution in [0.3, 0.4) is 0 Å². The number of sulfonamides is 1. The first-order chi connectivity index (χ1) is 7.68. The number of hydrogen-bond acceptors (Lipinski definition) is 4. The minimum absolute atomic E-state index is 0.0629. The predicted molar refractivity (Wildman–Crippen MR) is 56.0 cm³/mol. The normalized spacial score (nSPS) is 11.8. The zero-order valence-electron chi connectivity index (χ0n) is 8.37. The van der Waals surface area contributed by atoms with Gasteiger partial charge in [0.05, 0.1) is 12.7 Å². The molecule has 0 amide bonds. The second-order valence-electron chi connectivity index (χ2n) is 3.09. The van der Waals surface area contributed by atoms with Crippen LogP contribution < -0.4 is 4.72 Å². The van der Waals surface area contributed by atoms with Gasteiger partial charge in [-0.2, -0.15) is 10.2 Å². The second-order valence-corrected chi connectivity index (χ2v) is 4.82. The molecule has 0 bridgehead atoms. The minimum Gasteiger partial charge on any atom is -0.271 e. The van der Waals surface area contributed by atoms with Crippen LogP contribution in [0.4, 0.5) is 0 Å². The van der Waals surface area contributed by atoms with Gasteiger partial charge in [-0.3, -0.25) is 9.78 Å². The van der Waals surface area contributed by atoms with Gasteiger partial charge in [0.25, 0.3) is 10.0 Å². The van der Waals surface area contributed by atoms with Gasteiger partial charge >= 0.3 is 0 Å². The van der Waals surface area contributed by atoms with Crippen LogP contribution in [0.5, 0.6) is 0 Å². The van der Waals surface area contributed by atoms with Crippen LogP contribution >= 0.6 is 0 Å². The van der Waals surface area contributed by atoms with Crippen LogP contribution in [-0.2, 0) is 16.6 Å². The van der Waals surface area contributed by atoms with Crippen molar-refractivity contribution < 1.29 is 8.42 Å². The second kappa shape index (κ2) is 4.45. The molecule has 0 aliphatic carbocycles. The SMILES string of the molecule is O=S(=O)(NCCn1cccn1)c1ccn[nH]1. The van der Waals surface area contributed by atoms with E-state index in [4.69, 9.17) is 0 Å². The summed E-state index contributed by atoms with van der Waals surface area (Å²) in [6, 6.07) is 3.18. The van der Waals surface area contributed by atoms with E-state index in [-0.39, 0.29) is 11.6 Å². The van der Waals surface area contributed by atoms with Crippen LogP contribution in [0.25, 0.3) is 0 Å². The fourth-order valence-corrected chi connectivity index (χ4v) is 2.13. The Hall–Kier alpha value is -1.67. The quantitative estimate of drug-likeness (QED) is 0.744. The van der Waals surface area contributed by atoms with E-state index in [9.17, 15) is 8.42 Å². The molecule has 2 aromatic heterocycles. The molecular weight excluding hydrogens is 230 g/mol. The van der Waals surface area contributed by atoms with Crippen molar-refractivity contribution in [3.05, 3.63) is 30.7 Å². The van der Waals surface area contributed by atoms with Crippen molar-refractivity contribution in [1.82, 2.24) is 24.7 Å².